The van der Waals surface area contributed by atoms with Crippen LogP contribution in [0.15, 0.2) is 40.9 Å². The van der Waals surface area contributed by atoms with Gasteiger partial charge in [0.2, 0.25) is 0 Å². The smallest absolute Gasteiger partial charge is 0.337 e. The molecule has 2 aromatic carbocycles. The fourth-order valence-electron chi connectivity index (χ4n) is 1.68. The Hall–Kier alpha value is -1.56. The summed E-state index contributed by atoms with van der Waals surface area (Å²) in [6.45, 7) is 0. The Bertz CT molecular complexity index is 714. The van der Waals surface area contributed by atoms with Crippen molar-refractivity contribution in [3.05, 3.63) is 62.0 Å². The lowest BCUT2D eigenvalue weighted by atomic mass is 10.1. The predicted molar refractivity (Wildman–Crippen MR) is 85.5 cm³/mol. The van der Waals surface area contributed by atoms with E-state index in [-0.39, 0.29) is 16.8 Å². The van der Waals surface area contributed by atoms with Crippen molar-refractivity contribution in [1.82, 2.24) is 0 Å². The average molecular weight is 389 g/mol. The number of rotatable bonds is 3. The van der Waals surface area contributed by atoms with Crippen LogP contribution in [0.5, 0.6) is 0 Å². The molecule has 0 saturated heterocycles. The summed E-state index contributed by atoms with van der Waals surface area (Å²) >= 11 is 14.9. The van der Waals surface area contributed by atoms with Crippen molar-refractivity contribution >= 4 is 56.7 Å². The molecule has 0 aromatic heterocycles. The lowest BCUT2D eigenvalue weighted by Crippen LogP contribution is -2.14. The second-order valence-electron chi connectivity index (χ2n) is 4.11. The molecular formula is C14H8BrCl2NO3. The number of nitrogens with one attached hydrogen (secondary N) is 1. The molecule has 0 aliphatic rings. The van der Waals surface area contributed by atoms with Gasteiger partial charge in [0.1, 0.15) is 0 Å². The Morgan fingerprint density at radius 1 is 1.05 bits per heavy atom. The van der Waals surface area contributed by atoms with E-state index in [9.17, 15) is 9.59 Å². The molecule has 0 aliphatic heterocycles. The summed E-state index contributed by atoms with van der Waals surface area (Å²) < 4.78 is 0.601. The third-order valence-electron chi connectivity index (χ3n) is 2.58. The maximum absolute atomic E-state index is 12.1. The molecule has 2 N–H and O–H groups in total. The van der Waals surface area contributed by atoms with Gasteiger partial charge in [-0.1, -0.05) is 39.1 Å². The second kappa shape index (κ2) is 6.47. The lowest BCUT2D eigenvalue weighted by molar-refractivity contribution is 0.0698. The number of benzene rings is 2. The van der Waals surface area contributed by atoms with Gasteiger partial charge in [-0.05, 0) is 36.4 Å². The van der Waals surface area contributed by atoms with Crippen LogP contribution in [0.4, 0.5) is 5.69 Å². The molecule has 7 heteroatoms. The molecular weight excluding hydrogens is 381 g/mol. The van der Waals surface area contributed by atoms with Crippen LogP contribution >= 0.6 is 39.1 Å². The zero-order chi connectivity index (χ0) is 15.6. The van der Waals surface area contributed by atoms with Crippen molar-refractivity contribution in [3.63, 3.8) is 0 Å². The van der Waals surface area contributed by atoms with Crippen molar-refractivity contribution in [2.45, 2.75) is 0 Å². The Labute approximate surface area is 138 Å². The summed E-state index contributed by atoms with van der Waals surface area (Å²) in [7, 11) is 0. The summed E-state index contributed by atoms with van der Waals surface area (Å²) in [6.07, 6.45) is 0. The van der Waals surface area contributed by atoms with Gasteiger partial charge in [0.25, 0.3) is 5.91 Å². The summed E-state index contributed by atoms with van der Waals surface area (Å²) in [5, 5.41) is 12.3. The van der Waals surface area contributed by atoms with E-state index in [1.807, 2.05) is 0 Å². The molecule has 0 spiro atoms. The summed E-state index contributed by atoms with van der Waals surface area (Å²) in [4.78, 5) is 23.3. The number of anilines is 1. The molecule has 21 heavy (non-hydrogen) atoms. The van der Waals surface area contributed by atoms with Crippen LogP contribution in [0.2, 0.25) is 10.0 Å². The van der Waals surface area contributed by atoms with Crippen LogP contribution in [0.25, 0.3) is 0 Å². The standard InChI is InChI=1S/C14H8BrCl2NO3/c15-8-1-2-12(11(5-8)14(20)21)18-13(19)7-3-9(16)6-10(17)4-7/h1-6H,(H,18,19)(H,20,21). The highest BCUT2D eigenvalue weighted by Gasteiger charge is 2.14. The Morgan fingerprint density at radius 3 is 2.24 bits per heavy atom. The Morgan fingerprint density at radius 2 is 1.67 bits per heavy atom. The van der Waals surface area contributed by atoms with Gasteiger partial charge in [-0.25, -0.2) is 4.79 Å². The maximum Gasteiger partial charge on any atom is 0.337 e. The van der Waals surface area contributed by atoms with Gasteiger partial charge in [0.05, 0.1) is 11.3 Å². The van der Waals surface area contributed by atoms with E-state index in [0.717, 1.165) is 0 Å². The normalized spacial score (nSPS) is 10.2. The highest BCUT2D eigenvalue weighted by atomic mass is 79.9. The number of aromatic carboxylic acids is 1. The minimum atomic E-state index is -1.14. The number of carbonyl (C=O) groups excluding carboxylic acids is 1. The van der Waals surface area contributed by atoms with Gasteiger partial charge in [-0.3, -0.25) is 4.79 Å². The minimum absolute atomic E-state index is 0.0224. The molecule has 4 nitrogen and oxygen atoms in total. The number of hydrogen-bond acceptors (Lipinski definition) is 2. The fraction of sp³-hybridized carbons (Fsp3) is 0. The largest absolute Gasteiger partial charge is 0.478 e. The van der Waals surface area contributed by atoms with Crippen molar-refractivity contribution in [2.24, 2.45) is 0 Å². The van der Waals surface area contributed by atoms with Crippen molar-refractivity contribution < 1.29 is 14.7 Å². The van der Waals surface area contributed by atoms with Crippen LogP contribution in [-0.4, -0.2) is 17.0 Å². The molecule has 1 amide bonds. The molecule has 108 valence electrons. The van der Waals surface area contributed by atoms with Crippen LogP contribution in [0.3, 0.4) is 0 Å². The molecule has 0 aliphatic carbocycles. The fourth-order valence-corrected chi connectivity index (χ4v) is 2.57. The molecule has 0 fully saturated rings. The van der Waals surface area contributed by atoms with E-state index in [1.165, 1.54) is 30.3 Å². The second-order valence-corrected chi connectivity index (χ2v) is 5.90. The van der Waals surface area contributed by atoms with E-state index < -0.39 is 11.9 Å². The maximum atomic E-state index is 12.1. The summed E-state index contributed by atoms with van der Waals surface area (Å²) in [5.74, 6) is -1.64. The van der Waals surface area contributed by atoms with Gasteiger partial charge in [0, 0.05) is 20.1 Å². The Balaban J connectivity index is 2.33. The van der Waals surface area contributed by atoms with E-state index in [2.05, 4.69) is 21.2 Å². The summed E-state index contributed by atoms with van der Waals surface area (Å²) in [6, 6.07) is 8.93. The number of halogens is 3. The van der Waals surface area contributed by atoms with Crippen LogP contribution in [-0.2, 0) is 0 Å². The Kier molecular flexibility index (Phi) is 4.88. The van der Waals surface area contributed by atoms with Crippen LogP contribution < -0.4 is 5.32 Å². The van der Waals surface area contributed by atoms with E-state index in [0.29, 0.717) is 14.5 Å². The van der Waals surface area contributed by atoms with Crippen molar-refractivity contribution in [3.8, 4) is 0 Å². The average Bonchev–Trinajstić information content (AvgIpc) is 2.39. The molecule has 2 aromatic rings. The molecule has 0 unspecified atom stereocenters. The minimum Gasteiger partial charge on any atom is -0.478 e. The number of carbonyl (C=O) groups is 2. The van der Waals surface area contributed by atoms with Gasteiger partial charge in [0.15, 0.2) is 0 Å². The van der Waals surface area contributed by atoms with Crippen LogP contribution in [0.1, 0.15) is 20.7 Å². The van der Waals surface area contributed by atoms with Gasteiger partial charge in [-0.15, -0.1) is 0 Å². The van der Waals surface area contributed by atoms with Crippen molar-refractivity contribution in [1.29, 1.82) is 0 Å². The van der Waals surface area contributed by atoms with Crippen LogP contribution in [0, 0.1) is 0 Å². The number of carboxylic acids is 1. The number of carboxylic acid groups (broad SMARTS) is 1. The van der Waals surface area contributed by atoms with E-state index in [1.54, 1.807) is 6.07 Å². The molecule has 0 heterocycles. The molecule has 0 atom stereocenters. The van der Waals surface area contributed by atoms with Gasteiger partial charge in [-0.2, -0.15) is 0 Å². The monoisotopic (exact) mass is 387 g/mol. The first-order chi connectivity index (χ1) is 9.86. The first-order valence-electron chi connectivity index (χ1n) is 5.67. The molecule has 0 saturated carbocycles. The number of hydrogen-bond donors (Lipinski definition) is 2. The molecule has 0 bridgehead atoms. The zero-order valence-electron chi connectivity index (χ0n) is 10.4. The highest BCUT2D eigenvalue weighted by molar-refractivity contribution is 9.10. The third-order valence-corrected chi connectivity index (χ3v) is 3.51. The van der Waals surface area contributed by atoms with Gasteiger partial charge >= 0.3 is 5.97 Å². The zero-order valence-corrected chi connectivity index (χ0v) is 13.5. The SMILES string of the molecule is O=C(Nc1ccc(Br)cc1C(=O)O)c1cc(Cl)cc(Cl)c1. The highest BCUT2D eigenvalue weighted by Crippen LogP contribution is 2.23. The predicted octanol–water partition coefficient (Wildman–Crippen LogP) is 4.71. The number of amides is 1. The third kappa shape index (κ3) is 3.97. The van der Waals surface area contributed by atoms with Crippen molar-refractivity contribution in [2.75, 3.05) is 5.32 Å². The van der Waals surface area contributed by atoms with E-state index >= 15 is 0 Å². The first kappa shape index (κ1) is 15.8. The first-order valence-corrected chi connectivity index (χ1v) is 7.22. The molecule has 0 radical (unpaired) electrons. The molecule has 2 rings (SSSR count). The topological polar surface area (TPSA) is 66.4 Å². The van der Waals surface area contributed by atoms with Gasteiger partial charge < -0.3 is 10.4 Å². The quantitative estimate of drug-likeness (QED) is 0.800. The summed E-state index contributed by atoms with van der Waals surface area (Å²) in [5.41, 5.74) is 0.407. The lowest BCUT2D eigenvalue weighted by Gasteiger charge is -2.09. The van der Waals surface area contributed by atoms with E-state index in [4.69, 9.17) is 28.3 Å².